The minimum Gasteiger partial charge on any atom is -0.857 e. The maximum absolute atomic E-state index is 8.25. The van der Waals surface area contributed by atoms with Crippen molar-refractivity contribution in [1.29, 1.82) is 0 Å². The SMILES string of the molecule is C[O-].[Sb].c1ccccc1.c1ccccc1.c1ccccc1.c1ccccc1. The Bertz CT molecular complexity index is 426. The van der Waals surface area contributed by atoms with Gasteiger partial charge in [0.15, 0.2) is 0 Å². The summed E-state index contributed by atoms with van der Waals surface area (Å²) in [7, 11) is 0.750. The summed E-state index contributed by atoms with van der Waals surface area (Å²) in [5.74, 6) is 0. The van der Waals surface area contributed by atoms with E-state index in [1.54, 1.807) is 0 Å². The van der Waals surface area contributed by atoms with Crippen LogP contribution in [0, 0.1) is 0 Å². The molecule has 0 aliphatic rings. The zero-order valence-electron chi connectivity index (χ0n) is 15.7. The molecule has 1 nitrogen and oxygen atoms in total. The molecule has 0 spiro atoms. The third-order valence-electron chi connectivity index (χ3n) is 2.67. The van der Waals surface area contributed by atoms with Gasteiger partial charge in [-0.1, -0.05) is 146 Å². The molecule has 0 aromatic heterocycles. The molecule has 4 rings (SSSR count). The molecule has 0 saturated carbocycles. The van der Waals surface area contributed by atoms with E-state index in [9.17, 15) is 0 Å². The van der Waals surface area contributed by atoms with Crippen LogP contribution in [0.1, 0.15) is 0 Å². The third-order valence-corrected chi connectivity index (χ3v) is 2.67. The van der Waals surface area contributed by atoms with Crippen LogP contribution in [0.15, 0.2) is 146 Å². The standard InChI is InChI=1S/4C6H6.CH3O.Sb/c4*1-2-4-6-5-3-1;1-2;/h4*1-6H;1H3;/q;;;;-1;. The van der Waals surface area contributed by atoms with E-state index in [2.05, 4.69) is 0 Å². The molecule has 4 aromatic carbocycles. The van der Waals surface area contributed by atoms with E-state index in [0.717, 1.165) is 7.11 Å². The summed E-state index contributed by atoms with van der Waals surface area (Å²) in [6.45, 7) is 0. The molecule has 2 heteroatoms. The zero-order valence-corrected chi connectivity index (χ0v) is 18.3. The van der Waals surface area contributed by atoms with Crippen molar-refractivity contribution in [3.05, 3.63) is 146 Å². The number of hydrogen-bond acceptors (Lipinski definition) is 1. The van der Waals surface area contributed by atoms with E-state index in [-0.39, 0.29) is 24.4 Å². The molecule has 0 aliphatic carbocycles. The summed E-state index contributed by atoms with van der Waals surface area (Å²) in [4.78, 5) is 0. The molecule has 0 heterocycles. The van der Waals surface area contributed by atoms with E-state index >= 15 is 0 Å². The van der Waals surface area contributed by atoms with Crippen LogP contribution in [0.25, 0.3) is 0 Å². The fourth-order valence-electron chi connectivity index (χ4n) is 1.54. The second-order valence-electron chi connectivity index (χ2n) is 4.62. The first-order valence-corrected chi connectivity index (χ1v) is 8.41. The van der Waals surface area contributed by atoms with E-state index in [1.807, 2.05) is 146 Å². The number of rotatable bonds is 0. The van der Waals surface area contributed by atoms with Gasteiger partial charge in [0.1, 0.15) is 0 Å². The molecule has 0 aliphatic heterocycles. The Balaban J connectivity index is 0. The van der Waals surface area contributed by atoms with Gasteiger partial charge in [0.2, 0.25) is 0 Å². The predicted octanol–water partition coefficient (Wildman–Crippen LogP) is 5.34. The van der Waals surface area contributed by atoms with Gasteiger partial charge in [-0.05, 0) is 0 Å². The fraction of sp³-hybridized carbons (Fsp3) is 0.0400. The Morgan fingerprint density at radius 3 is 0.296 bits per heavy atom. The Kier molecular flexibility index (Phi) is 25.8. The van der Waals surface area contributed by atoms with Crippen molar-refractivity contribution < 1.29 is 5.11 Å². The minimum absolute atomic E-state index is 0. The summed E-state index contributed by atoms with van der Waals surface area (Å²) >= 11 is 0. The summed E-state index contributed by atoms with van der Waals surface area (Å²) in [6.07, 6.45) is 0. The van der Waals surface area contributed by atoms with Crippen molar-refractivity contribution in [1.82, 2.24) is 0 Å². The van der Waals surface area contributed by atoms with Crippen LogP contribution in [-0.4, -0.2) is 31.5 Å². The first-order valence-electron chi connectivity index (χ1n) is 8.41. The van der Waals surface area contributed by atoms with Crippen LogP contribution >= 0.6 is 0 Å². The maximum Gasteiger partial charge on any atom is 0 e. The third kappa shape index (κ3) is 23.7. The Hall–Kier alpha value is -2.34. The monoisotopic (exact) mass is 464 g/mol. The molecule has 139 valence electrons. The van der Waals surface area contributed by atoms with Crippen LogP contribution in [0.4, 0.5) is 0 Å². The number of hydrogen-bond donors (Lipinski definition) is 0. The van der Waals surface area contributed by atoms with Gasteiger partial charge in [-0.25, -0.2) is 0 Å². The zero-order chi connectivity index (χ0) is 19.0. The topological polar surface area (TPSA) is 23.1 Å². The van der Waals surface area contributed by atoms with E-state index in [0.29, 0.717) is 0 Å². The summed E-state index contributed by atoms with van der Waals surface area (Å²) in [6, 6.07) is 48.0. The van der Waals surface area contributed by atoms with Crippen molar-refractivity contribution in [3.8, 4) is 0 Å². The number of benzene rings is 4. The van der Waals surface area contributed by atoms with Gasteiger partial charge in [0.25, 0.3) is 0 Å². The average molecular weight is 465 g/mol. The molecular weight excluding hydrogens is 438 g/mol. The van der Waals surface area contributed by atoms with Crippen LogP contribution in [0.3, 0.4) is 0 Å². The summed E-state index contributed by atoms with van der Waals surface area (Å²) in [5, 5.41) is 8.25. The molecule has 27 heavy (non-hydrogen) atoms. The minimum atomic E-state index is 0. The first-order chi connectivity index (χ1) is 13.0. The molecule has 0 atom stereocenters. The van der Waals surface area contributed by atoms with Crippen molar-refractivity contribution in [3.63, 3.8) is 0 Å². The van der Waals surface area contributed by atoms with Crippen molar-refractivity contribution in [2.45, 2.75) is 0 Å². The van der Waals surface area contributed by atoms with Gasteiger partial charge >= 0.3 is 0 Å². The van der Waals surface area contributed by atoms with Gasteiger partial charge in [-0.15, -0.1) is 0 Å². The largest absolute Gasteiger partial charge is 0.857 e. The first kappa shape index (κ1) is 26.9. The molecule has 3 radical (unpaired) electrons. The van der Waals surface area contributed by atoms with Crippen LogP contribution in [-0.2, 0) is 0 Å². The molecule has 0 unspecified atom stereocenters. The van der Waals surface area contributed by atoms with Crippen molar-refractivity contribution in [2.75, 3.05) is 7.11 Å². The Morgan fingerprint density at radius 1 is 0.222 bits per heavy atom. The summed E-state index contributed by atoms with van der Waals surface area (Å²) < 4.78 is 0. The molecular formula is C25H27OSb-. The fourth-order valence-corrected chi connectivity index (χ4v) is 1.54. The van der Waals surface area contributed by atoms with Crippen molar-refractivity contribution >= 4 is 24.4 Å². The second-order valence-corrected chi connectivity index (χ2v) is 4.62. The van der Waals surface area contributed by atoms with Gasteiger partial charge in [-0.3, -0.25) is 0 Å². The molecule has 0 N–H and O–H groups in total. The van der Waals surface area contributed by atoms with E-state index < -0.39 is 0 Å². The van der Waals surface area contributed by atoms with Crippen molar-refractivity contribution in [2.24, 2.45) is 0 Å². The van der Waals surface area contributed by atoms with Gasteiger partial charge < -0.3 is 5.11 Å². The molecule has 4 aromatic rings. The van der Waals surface area contributed by atoms with Crippen LogP contribution in [0.2, 0.25) is 0 Å². The van der Waals surface area contributed by atoms with Gasteiger partial charge in [-0.2, -0.15) is 7.11 Å². The smallest absolute Gasteiger partial charge is 0 e. The van der Waals surface area contributed by atoms with Crippen LogP contribution < -0.4 is 5.11 Å². The molecule has 0 bridgehead atoms. The summed E-state index contributed by atoms with van der Waals surface area (Å²) in [5.41, 5.74) is 0. The Morgan fingerprint density at radius 2 is 0.259 bits per heavy atom. The quantitative estimate of drug-likeness (QED) is 0.322. The van der Waals surface area contributed by atoms with E-state index in [1.165, 1.54) is 0 Å². The average Bonchev–Trinajstić information content (AvgIpc) is 2.81. The van der Waals surface area contributed by atoms with Crippen LogP contribution in [0.5, 0.6) is 0 Å². The molecule has 0 saturated heterocycles. The second kappa shape index (κ2) is 25.9. The maximum atomic E-state index is 8.25. The van der Waals surface area contributed by atoms with Gasteiger partial charge in [0, 0.05) is 24.4 Å². The molecule has 0 amide bonds. The normalized spacial score (nSPS) is 7.33. The van der Waals surface area contributed by atoms with Gasteiger partial charge in [0.05, 0.1) is 0 Å². The molecule has 0 fully saturated rings. The Labute approximate surface area is 181 Å². The predicted molar refractivity (Wildman–Crippen MR) is 117 cm³/mol. The van der Waals surface area contributed by atoms with E-state index in [4.69, 9.17) is 5.11 Å².